The number of fused-ring (bicyclic) bond motifs is 4. The van der Waals surface area contributed by atoms with Crippen molar-refractivity contribution in [2.24, 2.45) is 11.7 Å². The van der Waals surface area contributed by atoms with Crippen molar-refractivity contribution in [3.8, 4) is 23.0 Å². The van der Waals surface area contributed by atoms with Crippen LogP contribution < -0.4 is 40.2 Å². The molecule has 0 spiro atoms. The highest BCUT2D eigenvalue weighted by atomic mass is 16.6. The van der Waals surface area contributed by atoms with Gasteiger partial charge in [0.2, 0.25) is 17.5 Å². The van der Waals surface area contributed by atoms with Crippen molar-refractivity contribution in [2.45, 2.75) is 103 Å². The Morgan fingerprint density at radius 1 is 0.836 bits per heavy atom. The predicted molar refractivity (Wildman–Crippen MR) is 267 cm³/mol. The van der Waals surface area contributed by atoms with Crippen molar-refractivity contribution in [3.05, 3.63) is 89.5 Å². The van der Waals surface area contributed by atoms with Crippen LogP contribution in [0.15, 0.2) is 72.8 Å². The van der Waals surface area contributed by atoms with Crippen LogP contribution in [0.1, 0.15) is 87.1 Å². The smallest absolute Gasteiger partial charge is 0.493 e. The van der Waals surface area contributed by atoms with E-state index in [0.29, 0.717) is 22.4 Å². The van der Waals surface area contributed by atoms with Gasteiger partial charge in [-0.05, 0) is 63.8 Å². The molecule has 6 N–H and O–H groups in total. The first-order chi connectivity index (χ1) is 34.5. The number of amides is 6. The molecule has 6 amide bonds. The zero-order valence-electron chi connectivity index (χ0n) is 42.3. The number of anilines is 2. The zero-order valence-corrected chi connectivity index (χ0v) is 42.3. The summed E-state index contributed by atoms with van der Waals surface area (Å²) in [6.07, 6.45) is -2.72. The van der Waals surface area contributed by atoms with Gasteiger partial charge < -0.3 is 64.8 Å². The first-order valence-corrected chi connectivity index (χ1v) is 23.8. The molecule has 5 atom stereocenters. The SMILES string of the molecule is C=C1C[C@H]2C(O)=[N+](C(=O)OC(C)(C)C)c3cc(OCCCOc4cc5c(cc4OC)C(=O)N4CC(=C)C[C@H]4[C@H](O)N5C(=O)OCc4ccc(NC(=O)[C@H](C)NC(=O)[C@@H](N)C(C)C)cc4)c(OC)cc3C(=O)N2C1. The zero-order chi connectivity index (χ0) is 53.2. The van der Waals surface area contributed by atoms with Gasteiger partial charge in [0.05, 0.1) is 56.8 Å². The van der Waals surface area contributed by atoms with Crippen molar-refractivity contribution >= 4 is 58.8 Å². The van der Waals surface area contributed by atoms with Gasteiger partial charge in [0.25, 0.3) is 11.8 Å². The number of nitrogens with one attached hydrogen (secondary N) is 2. The number of carbonyl (C=O) groups excluding carboxylic acids is 6. The van der Waals surface area contributed by atoms with Gasteiger partial charge in [-0.3, -0.25) is 19.2 Å². The summed E-state index contributed by atoms with van der Waals surface area (Å²) in [6.45, 7) is 18.3. The number of carbonyl (C=O) groups is 6. The lowest BCUT2D eigenvalue weighted by Crippen LogP contribution is -2.50. The molecule has 0 unspecified atom stereocenters. The second-order valence-electron chi connectivity index (χ2n) is 19.6. The van der Waals surface area contributed by atoms with Crippen molar-refractivity contribution < 1.29 is 72.0 Å². The minimum Gasteiger partial charge on any atom is -0.493 e. The number of nitrogens with two attached hydrogens (primary N) is 1. The third-order valence-corrected chi connectivity index (χ3v) is 12.7. The van der Waals surface area contributed by atoms with Gasteiger partial charge in [0.1, 0.15) is 23.8 Å². The first-order valence-electron chi connectivity index (χ1n) is 23.8. The van der Waals surface area contributed by atoms with E-state index in [1.165, 1.54) is 48.3 Å². The van der Waals surface area contributed by atoms with Crippen molar-refractivity contribution in [2.75, 3.05) is 50.7 Å². The van der Waals surface area contributed by atoms with Crippen LogP contribution in [-0.4, -0.2) is 143 Å². The Kier molecular flexibility index (Phi) is 15.7. The molecule has 0 bridgehead atoms. The van der Waals surface area contributed by atoms with E-state index in [1.54, 1.807) is 65.8 Å². The molecule has 73 heavy (non-hydrogen) atoms. The van der Waals surface area contributed by atoms with E-state index < -0.39 is 77.7 Å². The maximum atomic E-state index is 14.2. The summed E-state index contributed by atoms with van der Waals surface area (Å²) < 4.78 is 36.0. The molecule has 0 aliphatic carbocycles. The molecule has 21 nitrogen and oxygen atoms in total. The average Bonchev–Trinajstić information content (AvgIpc) is 3.90. The maximum Gasteiger partial charge on any atom is 0.606 e. The predicted octanol–water partition coefficient (Wildman–Crippen LogP) is 5.54. The summed E-state index contributed by atoms with van der Waals surface area (Å²) in [4.78, 5) is 85.1. The lowest BCUT2D eigenvalue weighted by molar-refractivity contribution is -0.376. The summed E-state index contributed by atoms with van der Waals surface area (Å²) in [5.41, 5.74) is 7.47. The number of hydrogen-bond donors (Lipinski definition) is 5. The Bertz CT molecular complexity index is 2750. The van der Waals surface area contributed by atoms with Gasteiger partial charge in [-0.1, -0.05) is 54.9 Å². The van der Waals surface area contributed by atoms with E-state index in [-0.39, 0.29) is 104 Å². The molecule has 390 valence electrons. The Morgan fingerprint density at radius 3 is 2.04 bits per heavy atom. The fourth-order valence-corrected chi connectivity index (χ4v) is 8.78. The van der Waals surface area contributed by atoms with Crippen LogP contribution in [0.2, 0.25) is 0 Å². The molecule has 4 heterocycles. The van der Waals surface area contributed by atoms with E-state index in [4.69, 9.17) is 34.2 Å². The van der Waals surface area contributed by atoms with E-state index in [0.717, 1.165) is 9.48 Å². The number of nitrogens with zero attached hydrogens (tertiary/aromatic N) is 4. The van der Waals surface area contributed by atoms with Crippen molar-refractivity contribution in [3.63, 3.8) is 0 Å². The average molecular weight is 1010 g/mol. The highest BCUT2D eigenvalue weighted by molar-refractivity contribution is 6.07. The Balaban J connectivity index is 1.07. The molecular weight excluding hydrogens is 947 g/mol. The highest BCUT2D eigenvalue weighted by Gasteiger charge is 2.50. The standard InChI is InChI=1S/C52H63N7O14/c1-27(2)43(53)45(61)54-30(5)44(60)55-32-14-12-31(13-15-32)26-72-50(66)58-35-22-41(39(68-9)20-33(35)46(62)56-24-28(3)18-37(56)48(58)64)70-16-11-17-71-42-23-36-34(21-40(42)69-10)47(63)57-25-29(4)19-38(57)49(65)59(36)51(67)73-52(6,7)8/h12-15,20-23,27,30,37-38,43,48,64H,3-4,11,16-19,24-26,53H2,1-2,5-10H3,(H2,54,55,60,61)/p+1/t30-,37-,38-,43-,48-/m0/s1. The molecular formula is C52H64N7O14+. The van der Waals surface area contributed by atoms with Crippen LogP contribution in [0.3, 0.4) is 0 Å². The topological polar surface area (TPSA) is 261 Å². The van der Waals surface area contributed by atoms with Gasteiger partial charge in [0, 0.05) is 43.8 Å². The molecule has 7 rings (SSSR count). The van der Waals surface area contributed by atoms with Crippen LogP contribution in [0.5, 0.6) is 23.0 Å². The normalized spacial score (nSPS) is 19.2. The third-order valence-electron chi connectivity index (χ3n) is 12.7. The van der Waals surface area contributed by atoms with Crippen LogP contribution >= 0.6 is 0 Å². The number of methoxy groups -OCH3 is 2. The van der Waals surface area contributed by atoms with Crippen LogP contribution in [-0.2, 0) is 25.7 Å². The third kappa shape index (κ3) is 11.4. The minimum absolute atomic E-state index is 0.00579. The van der Waals surface area contributed by atoms with Crippen LogP contribution in [0.4, 0.5) is 26.7 Å². The van der Waals surface area contributed by atoms with Crippen molar-refractivity contribution in [1.29, 1.82) is 0 Å². The number of ether oxygens (including phenoxy) is 6. The first kappa shape index (κ1) is 53.2. The highest BCUT2D eigenvalue weighted by Crippen LogP contribution is 2.43. The number of hydrogen-bond acceptors (Lipinski definition) is 14. The van der Waals surface area contributed by atoms with E-state index in [1.807, 2.05) is 0 Å². The fraction of sp³-hybridized carbons (Fsp3) is 0.442. The molecule has 21 heteroatoms. The summed E-state index contributed by atoms with van der Waals surface area (Å²) in [7, 11) is 2.80. The summed E-state index contributed by atoms with van der Waals surface area (Å²) in [5.74, 6) is -1.72. The molecule has 0 aromatic heterocycles. The number of aliphatic hydroxyl groups is 2. The second-order valence-corrected chi connectivity index (χ2v) is 19.6. The van der Waals surface area contributed by atoms with Gasteiger partial charge in [-0.2, -0.15) is 4.79 Å². The molecule has 4 aliphatic rings. The van der Waals surface area contributed by atoms with Crippen molar-refractivity contribution in [1.82, 2.24) is 15.1 Å². The van der Waals surface area contributed by atoms with Gasteiger partial charge >= 0.3 is 18.1 Å². The molecule has 0 saturated carbocycles. The quantitative estimate of drug-likeness (QED) is 0.0711. The van der Waals surface area contributed by atoms with Gasteiger partial charge in [-0.25, -0.2) is 9.69 Å². The largest absolute Gasteiger partial charge is 0.606 e. The van der Waals surface area contributed by atoms with Gasteiger partial charge in [0.15, 0.2) is 35.3 Å². The number of benzene rings is 3. The Morgan fingerprint density at radius 2 is 1.42 bits per heavy atom. The van der Waals surface area contributed by atoms with Crippen LogP contribution in [0.25, 0.3) is 0 Å². The molecule has 2 saturated heterocycles. The number of rotatable bonds is 15. The maximum absolute atomic E-state index is 14.2. The van der Waals surface area contributed by atoms with Crippen LogP contribution in [0, 0.1) is 5.92 Å². The lowest BCUT2D eigenvalue weighted by Gasteiger charge is -2.31. The minimum atomic E-state index is -1.56. The molecule has 3 aromatic rings. The summed E-state index contributed by atoms with van der Waals surface area (Å²) >= 11 is 0. The molecule has 2 fully saturated rings. The molecule has 0 radical (unpaired) electrons. The Hall–Kier alpha value is -7.65. The monoisotopic (exact) mass is 1010 g/mol. The Labute approximate surface area is 423 Å². The second kappa shape index (κ2) is 21.6. The molecule has 3 aromatic carbocycles. The van der Waals surface area contributed by atoms with E-state index in [9.17, 15) is 39.0 Å². The van der Waals surface area contributed by atoms with E-state index in [2.05, 4.69) is 23.8 Å². The van der Waals surface area contributed by atoms with Gasteiger partial charge in [-0.15, -0.1) is 0 Å². The fourth-order valence-electron chi connectivity index (χ4n) is 8.78. The van der Waals surface area contributed by atoms with E-state index >= 15 is 0 Å². The number of aliphatic hydroxyl groups excluding tert-OH is 2. The molecule has 4 aliphatic heterocycles. The summed E-state index contributed by atoms with van der Waals surface area (Å²) in [6, 6.07) is 8.87. The lowest BCUT2D eigenvalue weighted by atomic mass is 10.0. The summed E-state index contributed by atoms with van der Waals surface area (Å²) in [5, 5.41) is 28.8.